The third-order valence-electron chi connectivity index (χ3n) is 3.67. The van der Waals surface area contributed by atoms with Crippen LogP contribution in [0.3, 0.4) is 0 Å². The lowest BCUT2D eigenvalue weighted by molar-refractivity contribution is -0.184. The van der Waals surface area contributed by atoms with Crippen LogP contribution in [0, 0.1) is 0 Å². The number of ether oxygens (including phenoxy) is 2. The second kappa shape index (κ2) is 8.29. The number of allylic oxidation sites excluding steroid dienone is 1. The van der Waals surface area contributed by atoms with E-state index in [2.05, 4.69) is 6.08 Å². The van der Waals surface area contributed by atoms with E-state index in [0.29, 0.717) is 26.4 Å². The van der Waals surface area contributed by atoms with Crippen LogP contribution in [0.15, 0.2) is 11.6 Å². The molecule has 118 valence electrons. The van der Waals surface area contributed by atoms with Gasteiger partial charge in [-0.05, 0) is 59.1 Å². The van der Waals surface area contributed by atoms with Crippen molar-refractivity contribution in [2.75, 3.05) is 26.4 Å². The molecular formula is C15H30O4Si. The number of rotatable bonds is 8. The molecule has 1 aliphatic heterocycles. The summed E-state index contributed by atoms with van der Waals surface area (Å²) in [6.45, 7) is 12.5. The van der Waals surface area contributed by atoms with E-state index in [9.17, 15) is 0 Å². The van der Waals surface area contributed by atoms with Crippen molar-refractivity contribution >= 4 is 8.56 Å². The normalized spacial score (nSPS) is 23.1. The van der Waals surface area contributed by atoms with Crippen molar-refractivity contribution in [2.24, 2.45) is 0 Å². The molecule has 0 amide bonds. The van der Waals surface area contributed by atoms with Crippen LogP contribution >= 0.6 is 0 Å². The topological polar surface area (TPSA) is 36.9 Å². The predicted octanol–water partition coefficient (Wildman–Crippen LogP) is 3.55. The van der Waals surface area contributed by atoms with Gasteiger partial charge in [0.2, 0.25) is 5.41 Å². The fourth-order valence-electron chi connectivity index (χ4n) is 3.12. The molecule has 20 heavy (non-hydrogen) atoms. The van der Waals surface area contributed by atoms with Crippen LogP contribution in [0.4, 0.5) is 0 Å². The molecule has 1 aliphatic rings. The Morgan fingerprint density at radius 1 is 1.00 bits per heavy atom. The van der Waals surface area contributed by atoms with E-state index in [4.69, 9.17) is 18.3 Å². The molecule has 0 aliphatic carbocycles. The van der Waals surface area contributed by atoms with Crippen LogP contribution in [-0.4, -0.2) is 40.4 Å². The summed E-state index contributed by atoms with van der Waals surface area (Å²) >= 11 is 0. The average molecular weight is 302 g/mol. The van der Waals surface area contributed by atoms with Crippen LogP contribution in [0.2, 0.25) is 6.04 Å². The summed E-state index contributed by atoms with van der Waals surface area (Å²) in [5, 5.41) is 0. The average Bonchev–Trinajstić information content (AvgIpc) is 2.43. The highest BCUT2D eigenvalue weighted by Crippen LogP contribution is 2.45. The van der Waals surface area contributed by atoms with Crippen LogP contribution in [0.25, 0.3) is 0 Å². The summed E-state index contributed by atoms with van der Waals surface area (Å²) in [5.41, 5.74) is 0.399. The zero-order chi connectivity index (χ0) is 15.1. The molecule has 0 saturated carbocycles. The minimum Gasteiger partial charge on any atom is -0.391 e. The van der Waals surface area contributed by atoms with Gasteiger partial charge in [0.15, 0.2) is 0 Å². The first kappa shape index (κ1) is 17.8. The minimum absolute atomic E-state index is 0.590. The molecule has 0 aromatic carbocycles. The Labute approximate surface area is 124 Å². The quantitative estimate of drug-likeness (QED) is 0.390. The largest absolute Gasteiger partial charge is 0.405 e. The second-order valence-electron chi connectivity index (χ2n) is 4.77. The third-order valence-corrected chi connectivity index (χ3v) is 7.81. The van der Waals surface area contributed by atoms with Crippen LogP contribution in [0.5, 0.6) is 0 Å². The fourth-order valence-corrected chi connectivity index (χ4v) is 7.26. The Bertz CT molecular complexity index is 299. The summed E-state index contributed by atoms with van der Waals surface area (Å²) < 4.78 is 24.7. The first-order valence-corrected chi connectivity index (χ1v) is 9.90. The summed E-state index contributed by atoms with van der Waals surface area (Å²) in [5.74, 6) is 0. The molecule has 1 rings (SSSR count). The lowest BCUT2D eigenvalue weighted by atomic mass is 10.1. The molecular weight excluding hydrogens is 272 g/mol. The van der Waals surface area contributed by atoms with Gasteiger partial charge in [0, 0.05) is 26.4 Å². The maximum Gasteiger partial charge on any atom is 0.405 e. The Hall–Kier alpha value is -0.203. The highest BCUT2D eigenvalue weighted by molar-refractivity contribution is 6.71. The Morgan fingerprint density at radius 2 is 1.55 bits per heavy atom. The highest BCUT2D eigenvalue weighted by atomic mass is 28.4. The van der Waals surface area contributed by atoms with E-state index in [0.717, 1.165) is 18.9 Å². The van der Waals surface area contributed by atoms with Crippen LogP contribution in [-0.2, 0) is 18.3 Å². The minimum atomic E-state index is -2.60. The van der Waals surface area contributed by atoms with E-state index in [1.54, 1.807) is 0 Å². The first-order valence-electron chi connectivity index (χ1n) is 7.87. The van der Waals surface area contributed by atoms with Crippen molar-refractivity contribution in [3.63, 3.8) is 0 Å². The van der Waals surface area contributed by atoms with Gasteiger partial charge in [0.1, 0.15) is 0 Å². The van der Waals surface area contributed by atoms with Gasteiger partial charge >= 0.3 is 8.56 Å². The van der Waals surface area contributed by atoms with E-state index < -0.39 is 14.0 Å². The van der Waals surface area contributed by atoms with Crippen molar-refractivity contribution in [2.45, 2.75) is 58.9 Å². The third kappa shape index (κ3) is 3.17. The smallest absolute Gasteiger partial charge is 0.391 e. The van der Waals surface area contributed by atoms with Gasteiger partial charge < -0.3 is 18.3 Å². The van der Waals surface area contributed by atoms with Gasteiger partial charge in [-0.2, -0.15) is 0 Å². The van der Waals surface area contributed by atoms with E-state index in [-0.39, 0.29) is 0 Å². The maximum absolute atomic E-state index is 6.19. The molecule has 5 heteroatoms. The molecule has 0 atom stereocenters. The SMILES string of the molecule is CC=C1CCC[Si](OCC)(OCC)C1(OCC)OCC. The lowest BCUT2D eigenvalue weighted by Gasteiger charge is -2.49. The first-order chi connectivity index (χ1) is 9.66. The van der Waals surface area contributed by atoms with E-state index >= 15 is 0 Å². The molecule has 1 saturated heterocycles. The molecule has 0 bridgehead atoms. The standard InChI is InChI=1S/C15H30O4Si/c1-6-14-12-11-13-20(18-9-4,19-10-5)15(14,16-7-2)17-8-3/h6H,7-13H2,1-5H3. The Morgan fingerprint density at radius 3 is 1.95 bits per heavy atom. The van der Waals surface area contributed by atoms with Crippen molar-refractivity contribution in [3.8, 4) is 0 Å². The highest BCUT2D eigenvalue weighted by Gasteiger charge is 2.64. The van der Waals surface area contributed by atoms with Gasteiger partial charge in [0.25, 0.3) is 0 Å². The van der Waals surface area contributed by atoms with Crippen LogP contribution < -0.4 is 0 Å². The molecule has 0 radical (unpaired) electrons. The molecule has 0 unspecified atom stereocenters. The van der Waals surface area contributed by atoms with Gasteiger partial charge in [0.05, 0.1) is 0 Å². The molecule has 0 aromatic heterocycles. The van der Waals surface area contributed by atoms with Crippen molar-refractivity contribution < 1.29 is 18.3 Å². The molecule has 0 N–H and O–H groups in total. The predicted molar refractivity (Wildman–Crippen MR) is 82.8 cm³/mol. The van der Waals surface area contributed by atoms with Crippen LogP contribution in [0.1, 0.15) is 47.5 Å². The number of hydrogen-bond acceptors (Lipinski definition) is 4. The molecule has 0 aromatic rings. The molecule has 4 nitrogen and oxygen atoms in total. The van der Waals surface area contributed by atoms with E-state index in [1.807, 2.05) is 34.6 Å². The summed E-state index contributed by atoms with van der Waals surface area (Å²) in [4.78, 5) is 0. The lowest BCUT2D eigenvalue weighted by Crippen LogP contribution is -2.68. The summed E-state index contributed by atoms with van der Waals surface area (Å²) in [6, 6.07) is 0.923. The second-order valence-corrected chi connectivity index (χ2v) is 8.01. The molecule has 1 heterocycles. The maximum atomic E-state index is 6.19. The zero-order valence-electron chi connectivity index (χ0n) is 13.7. The van der Waals surface area contributed by atoms with Gasteiger partial charge in [-0.3, -0.25) is 0 Å². The van der Waals surface area contributed by atoms with Crippen molar-refractivity contribution in [1.82, 2.24) is 0 Å². The Balaban J connectivity index is 3.31. The fraction of sp³-hybridized carbons (Fsp3) is 0.867. The molecule has 1 fully saturated rings. The van der Waals surface area contributed by atoms with Crippen molar-refractivity contribution in [3.05, 3.63) is 11.6 Å². The molecule has 0 spiro atoms. The van der Waals surface area contributed by atoms with E-state index in [1.165, 1.54) is 5.57 Å². The van der Waals surface area contributed by atoms with Gasteiger partial charge in [-0.25, -0.2) is 0 Å². The van der Waals surface area contributed by atoms with Crippen molar-refractivity contribution in [1.29, 1.82) is 0 Å². The van der Waals surface area contributed by atoms with Gasteiger partial charge in [-0.1, -0.05) is 6.08 Å². The zero-order valence-corrected chi connectivity index (χ0v) is 14.7. The van der Waals surface area contributed by atoms with Gasteiger partial charge in [-0.15, -0.1) is 0 Å². The number of hydrogen-bond donors (Lipinski definition) is 0. The summed E-state index contributed by atoms with van der Waals surface area (Å²) in [7, 11) is -2.60. The Kier molecular flexibility index (Phi) is 7.40. The summed E-state index contributed by atoms with van der Waals surface area (Å²) in [6.07, 6.45) is 4.18. The monoisotopic (exact) mass is 302 g/mol.